The van der Waals surface area contributed by atoms with Gasteiger partial charge in [-0.25, -0.2) is 0 Å². The Hall–Kier alpha value is -7.19. The van der Waals surface area contributed by atoms with Crippen molar-refractivity contribution in [1.29, 1.82) is 0 Å². The van der Waals surface area contributed by atoms with Gasteiger partial charge in [-0.1, -0.05) is 142 Å². The van der Waals surface area contributed by atoms with Gasteiger partial charge in [0.05, 0.1) is 19.5 Å². The van der Waals surface area contributed by atoms with Crippen molar-refractivity contribution in [3.05, 3.63) is 69.3 Å². The summed E-state index contributed by atoms with van der Waals surface area (Å²) in [7, 11) is 8.80. The van der Waals surface area contributed by atoms with Crippen molar-refractivity contribution in [2.24, 2.45) is 23.7 Å². The number of hydrogen-bond donors (Lipinski definition) is 4. The Bertz CT molecular complexity index is 3120. The van der Waals surface area contributed by atoms with Gasteiger partial charge in [0, 0.05) is 78.3 Å². The molecule has 2 aromatic rings. The summed E-state index contributed by atoms with van der Waals surface area (Å²) < 4.78 is 0.867. The van der Waals surface area contributed by atoms with E-state index in [-0.39, 0.29) is 62.8 Å². The van der Waals surface area contributed by atoms with E-state index in [9.17, 15) is 33.6 Å². The highest BCUT2D eigenvalue weighted by atomic mass is 127. The molecule has 0 spiro atoms. The van der Waals surface area contributed by atoms with E-state index in [1.54, 1.807) is 24.0 Å². The first-order chi connectivity index (χ1) is 47.0. The molecule has 1 aliphatic carbocycles. The number of piperidine rings is 1. The second-order valence-electron chi connectivity index (χ2n) is 29.1. The molecule has 0 radical (unpaired) electrons. The molecule has 24 nitrogen and oxygen atoms in total. The molecule has 3 saturated heterocycles. The van der Waals surface area contributed by atoms with Gasteiger partial charge in [0.1, 0.15) is 54.4 Å². The largest absolute Gasteiger partial charge is 0.343 e. The Kier molecular flexibility index (Phi) is 31.5. The Balaban J connectivity index is 1.45. The van der Waals surface area contributed by atoms with Crippen molar-refractivity contribution >= 4 is 93.5 Å². The van der Waals surface area contributed by atoms with E-state index in [1.807, 2.05) is 84.0 Å². The number of likely N-dealkylation sites (N-methyl/N-ethyl adjacent to an activating group) is 6. The molecule has 1 saturated carbocycles. The van der Waals surface area contributed by atoms with Crippen LogP contribution in [0.2, 0.25) is 0 Å². The van der Waals surface area contributed by atoms with Gasteiger partial charge in [0.25, 0.3) is 0 Å². The van der Waals surface area contributed by atoms with Crippen LogP contribution < -0.4 is 21.3 Å². The van der Waals surface area contributed by atoms with Gasteiger partial charge in [0.15, 0.2) is 0 Å². The number of nitrogens with zero attached hydrogens (tertiary/aromatic N) is 8. The molecule has 548 valence electrons. The number of unbranched alkanes of at least 4 members (excludes halogenated alkanes) is 1. The van der Waals surface area contributed by atoms with Crippen LogP contribution >= 0.6 is 22.6 Å². The van der Waals surface area contributed by atoms with Crippen LogP contribution in [0.3, 0.4) is 0 Å². The minimum absolute atomic E-state index is 0.0134. The molecule has 99 heavy (non-hydrogen) atoms. The SMILES string of the molecule is CCCC[C@@H]1NC(=O)[C@H](Cc2cccc(I)c2)NC(=O)CN(C)C(=O)[C@H](CC2CCCCC2)N(C)C(=O)[C@@H]2CCN2C(=O)CN(C)C(=O)[C@H]([C@@H](C)CC)NC(=O)[C@H](CC(C)C)N(C)C(=O)C[C@@H](C(=O)N2CCCCC2)N(C)C(=O)[C@H](CC(C)C)NC(=O)[C@H](Cc2ccccc2)N(C)C1=O. The average Bonchev–Trinajstić information content (AvgIpc) is 0.795. The molecule has 25 heteroatoms. The van der Waals surface area contributed by atoms with Gasteiger partial charge in [-0.05, 0) is 121 Å². The second kappa shape index (κ2) is 38.6. The number of rotatable bonds is 16. The van der Waals surface area contributed by atoms with Crippen molar-refractivity contribution in [3.63, 3.8) is 0 Å². The normalized spacial score (nSPS) is 25.9. The number of carbonyl (C=O) groups excluding carboxylic acids is 12. The summed E-state index contributed by atoms with van der Waals surface area (Å²) in [5.74, 6) is -8.00. The number of likely N-dealkylation sites (tertiary alicyclic amines) is 1. The number of amides is 12. The molecule has 4 N–H and O–H groups in total. The highest BCUT2D eigenvalue weighted by Gasteiger charge is 2.46. The quantitative estimate of drug-likeness (QED) is 0.151. The molecule has 2 aromatic carbocycles. The molecule has 0 unspecified atom stereocenters. The molecule has 0 aromatic heterocycles. The van der Waals surface area contributed by atoms with Crippen LogP contribution in [0.1, 0.15) is 169 Å². The van der Waals surface area contributed by atoms with E-state index in [4.69, 9.17) is 0 Å². The summed E-state index contributed by atoms with van der Waals surface area (Å²) in [5.41, 5.74) is 1.38. The highest BCUT2D eigenvalue weighted by molar-refractivity contribution is 14.1. The third kappa shape index (κ3) is 22.7. The zero-order valence-electron chi connectivity index (χ0n) is 61.0. The Morgan fingerprint density at radius 1 is 0.535 bits per heavy atom. The Morgan fingerprint density at radius 2 is 1.13 bits per heavy atom. The van der Waals surface area contributed by atoms with Gasteiger partial charge in [-0.3, -0.25) is 57.5 Å². The molecule has 3 heterocycles. The predicted octanol–water partition coefficient (Wildman–Crippen LogP) is 5.56. The van der Waals surface area contributed by atoms with Crippen molar-refractivity contribution in [2.45, 2.75) is 225 Å². The fourth-order valence-electron chi connectivity index (χ4n) is 14.0. The maximum atomic E-state index is 15.4. The lowest BCUT2D eigenvalue weighted by Gasteiger charge is -2.44. The van der Waals surface area contributed by atoms with Crippen LogP contribution in [0.4, 0.5) is 0 Å². The number of fused-ring (bicyclic) bond motifs is 1. The number of nitrogens with one attached hydrogen (secondary N) is 4. The Morgan fingerprint density at radius 3 is 1.74 bits per heavy atom. The van der Waals surface area contributed by atoms with E-state index in [0.29, 0.717) is 62.7 Å². The van der Waals surface area contributed by atoms with E-state index in [2.05, 4.69) is 43.9 Å². The fraction of sp³-hybridized carbons (Fsp3) is 0.676. The van der Waals surface area contributed by atoms with E-state index in [1.165, 1.54) is 76.6 Å². The van der Waals surface area contributed by atoms with Crippen molar-refractivity contribution in [2.75, 3.05) is 75.0 Å². The maximum Gasteiger partial charge on any atom is 0.245 e. The summed E-state index contributed by atoms with van der Waals surface area (Å²) in [5, 5.41) is 11.8. The van der Waals surface area contributed by atoms with Gasteiger partial charge < -0.3 is 60.5 Å². The van der Waals surface area contributed by atoms with Crippen LogP contribution in [0.15, 0.2) is 54.6 Å². The topological polar surface area (TPSA) is 279 Å². The predicted molar refractivity (Wildman–Crippen MR) is 386 cm³/mol. The molecule has 6 rings (SSSR count). The number of halogens is 1. The summed E-state index contributed by atoms with van der Waals surface area (Å²) >= 11 is 2.16. The zero-order valence-corrected chi connectivity index (χ0v) is 63.2. The van der Waals surface area contributed by atoms with E-state index in [0.717, 1.165) is 42.1 Å². The number of benzene rings is 2. The lowest BCUT2D eigenvalue weighted by Crippen LogP contribution is -2.63. The van der Waals surface area contributed by atoms with E-state index < -0.39 is 151 Å². The molecular weight excluding hydrogens is 1380 g/mol. The van der Waals surface area contributed by atoms with Gasteiger partial charge in [0.2, 0.25) is 70.9 Å². The third-order valence-corrected chi connectivity index (χ3v) is 21.1. The molecule has 4 aliphatic rings. The van der Waals surface area contributed by atoms with Gasteiger partial charge >= 0.3 is 0 Å². The van der Waals surface area contributed by atoms with Crippen LogP contribution in [0.25, 0.3) is 0 Å². The molecule has 12 amide bonds. The van der Waals surface area contributed by atoms with Gasteiger partial charge in [-0.15, -0.1) is 0 Å². The van der Waals surface area contributed by atoms with Crippen molar-refractivity contribution < 1.29 is 57.5 Å². The first kappa shape index (κ1) is 80.8. The van der Waals surface area contributed by atoms with Crippen LogP contribution in [0.5, 0.6) is 0 Å². The maximum absolute atomic E-state index is 15.4. The highest BCUT2D eigenvalue weighted by Crippen LogP contribution is 2.31. The Labute approximate surface area is 601 Å². The van der Waals surface area contributed by atoms with Crippen molar-refractivity contribution in [3.8, 4) is 0 Å². The summed E-state index contributed by atoms with van der Waals surface area (Å²) in [6, 6.07) is 5.62. The molecule has 3 aliphatic heterocycles. The smallest absolute Gasteiger partial charge is 0.245 e. The van der Waals surface area contributed by atoms with Crippen LogP contribution in [-0.2, 0) is 70.4 Å². The molecule has 0 bridgehead atoms. The minimum atomic E-state index is -1.40. The second-order valence-corrected chi connectivity index (χ2v) is 30.3. The number of hydrogen-bond acceptors (Lipinski definition) is 12. The number of carbonyl (C=O) groups is 12. The lowest BCUT2D eigenvalue weighted by atomic mass is 9.84. The van der Waals surface area contributed by atoms with Crippen LogP contribution in [0, 0.1) is 27.2 Å². The third-order valence-electron chi connectivity index (χ3n) is 20.4. The standard InChI is InChI=1S/C74H113IN12O12/c1-14-16-33-54-69(94)83(11)59(42-50-27-20-17-21-28-50)67(92)78-56(38-47(3)4)70(95)84(12)61(73(98)86-35-24-19-25-36-86)44-63(89)82(10)58(39-48(5)6)68(93)79-65(49(7)15-2)74(99)81(9)46-64(90)87-37-34-57(87)72(97)85(13)60(43-51-29-22-18-23-30-51)71(96)80(8)45-62(88)76-55(66(91)77-54)41-52-31-26-32-53(75)40-52/h17,20-21,26-28,31-32,40,47-49,51,54-61,65H,14-16,18-19,22-25,29-30,33-39,41-46H2,1-13H3,(H,76,88)(H,77,91)(H,78,92)(H,79,93)/t49-,54-,55-,56-,57-,58-,59-,60-,61-,65-/m0/s1. The summed E-state index contributed by atoms with van der Waals surface area (Å²) in [4.78, 5) is 190. The summed E-state index contributed by atoms with van der Waals surface area (Å²) in [6.07, 6.45) is 8.82. The van der Waals surface area contributed by atoms with Crippen molar-refractivity contribution in [1.82, 2.24) is 60.5 Å². The summed E-state index contributed by atoms with van der Waals surface area (Å²) in [6.45, 7) is 13.1. The minimum Gasteiger partial charge on any atom is -0.343 e. The zero-order chi connectivity index (χ0) is 72.9. The van der Waals surface area contributed by atoms with Crippen LogP contribution in [-0.4, -0.2) is 239 Å². The monoisotopic (exact) mass is 1490 g/mol. The molecular formula is C74H113IN12O12. The average molecular weight is 1490 g/mol. The van der Waals surface area contributed by atoms with E-state index >= 15 is 24.0 Å². The lowest BCUT2D eigenvalue weighted by molar-refractivity contribution is -0.158. The first-order valence-electron chi connectivity index (χ1n) is 36.1. The fourth-order valence-corrected chi connectivity index (χ4v) is 14.6. The molecule has 4 fully saturated rings. The molecule has 10 atom stereocenters. The first-order valence-corrected chi connectivity index (χ1v) is 37.2. The van der Waals surface area contributed by atoms with Gasteiger partial charge in [-0.2, -0.15) is 0 Å².